The fourth-order valence-electron chi connectivity index (χ4n) is 1.38. The van der Waals surface area contributed by atoms with Crippen LogP contribution in [0.15, 0.2) is 12.7 Å². The summed E-state index contributed by atoms with van der Waals surface area (Å²) in [5.74, 6) is 0. The molecule has 0 saturated carbocycles. The molecule has 0 heterocycles. The highest BCUT2D eigenvalue weighted by molar-refractivity contribution is 5.58. The standard InChI is InChI=1S/C13H25NO5/c1-5-7-8-9-10-12(14(3)4)17-19-18-13(15)16-11-6-2/h6,12H,2,5,7-11H2,1,3-4H3. The molecule has 0 amide bonds. The van der Waals surface area contributed by atoms with E-state index in [1.807, 2.05) is 19.0 Å². The van der Waals surface area contributed by atoms with Crippen molar-refractivity contribution in [2.75, 3.05) is 20.7 Å². The number of rotatable bonds is 11. The normalized spacial score (nSPS) is 12.2. The first-order valence-corrected chi connectivity index (χ1v) is 6.55. The number of nitrogens with zero attached hydrogens (tertiary/aromatic N) is 1. The Morgan fingerprint density at radius 2 is 2.05 bits per heavy atom. The van der Waals surface area contributed by atoms with Crippen molar-refractivity contribution in [3.63, 3.8) is 0 Å². The van der Waals surface area contributed by atoms with Gasteiger partial charge in [-0.2, -0.15) is 4.89 Å². The molecule has 0 N–H and O–H groups in total. The topological polar surface area (TPSA) is 57.2 Å². The molecule has 1 unspecified atom stereocenters. The van der Waals surface area contributed by atoms with Gasteiger partial charge < -0.3 is 4.74 Å². The maximum atomic E-state index is 10.9. The predicted octanol–water partition coefficient (Wildman–Crippen LogP) is 3.05. The Balaban J connectivity index is 3.75. The fraction of sp³-hybridized carbons (Fsp3) is 0.769. The van der Waals surface area contributed by atoms with Crippen molar-refractivity contribution in [2.24, 2.45) is 0 Å². The Morgan fingerprint density at radius 1 is 1.32 bits per heavy atom. The average Bonchev–Trinajstić information content (AvgIpc) is 2.38. The molecule has 6 nitrogen and oxygen atoms in total. The largest absolute Gasteiger partial charge is 0.542 e. The first kappa shape index (κ1) is 17.9. The van der Waals surface area contributed by atoms with Crippen molar-refractivity contribution in [1.29, 1.82) is 0 Å². The number of hydrogen-bond acceptors (Lipinski definition) is 6. The molecule has 0 fully saturated rings. The van der Waals surface area contributed by atoms with Crippen LogP contribution in [0.2, 0.25) is 0 Å². The van der Waals surface area contributed by atoms with Crippen molar-refractivity contribution in [3.05, 3.63) is 12.7 Å². The minimum atomic E-state index is -0.955. The lowest BCUT2D eigenvalue weighted by Crippen LogP contribution is -2.31. The van der Waals surface area contributed by atoms with E-state index < -0.39 is 6.16 Å². The second-order valence-corrected chi connectivity index (χ2v) is 4.36. The molecule has 19 heavy (non-hydrogen) atoms. The van der Waals surface area contributed by atoms with E-state index in [0.29, 0.717) is 0 Å². The van der Waals surface area contributed by atoms with Crippen LogP contribution in [0.3, 0.4) is 0 Å². The summed E-state index contributed by atoms with van der Waals surface area (Å²) in [5.41, 5.74) is 0. The Hall–Kier alpha value is -1.11. The smallest absolute Gasteiger partial charge is 0.428 e. The highest BCUT2D eigenvalue weighted by atomic mass is 17.5. The van der Waals surface area contributed by atoms with E-state index in [2.05, 4.69) is 28.2 Å². The van der Waals surface area contributed by atoms with Gasteiger partial charge in [-0.15, -0.1) is 0 Å². The van der Waals surface area contributed by atoms with Crippen LogP contribution in [0.25, 0.3) is 0 Å². The highest BCUT2D eigenvalue weighted by Crippen LogP contribution is 2.10. The van der Waals surface area contributed by atoms with Crippen molar-refractivity contribution >= 4 is 6.16 Å². The van der Waals surface area contributed by atoms with Crippen LogP contribution in [-0.2, 0) is 19.6 Å². The number of carbonyl (C=O) groups excluding carboxylic acids is 1. The van der Waals surface area contributed by atoms with Crippen LogP contribution in [0.4, 0.5) is 4.79 Å². The summed E-state index contributed by atoms with van der Waals surface area (Å²) < 4.78 is 4.55. The van der Waals surface area contributed by atoms with Crippen LogP contribution >= 0.6 is 0 Å². The molecule has 0 aliphatic carbocycles. The molecular weight excluding hydrogens is 250 g/mol. The molecule has 0 spiro atoms. The zero-order valence-electron chi connectivity index (χ0n) is 12.1. The molecule has 112 valence electrons. The van der Waals surface area contributed by atoms with Crippen molar-refractivity contribution in [2.45, 2.75) is 45.3 Å². The Kier molecular flexibility index (Phi) is 11.3. The van der Waals surface area contributed by atoms with Gasteiger partial charge in [0.05, 0.1) is 0 Å². The lowest BCUT2D eigenvalue weighted by atomic mass is 10.1. The zero-order valence-corrected chi connectivity index (χ0v) is 12.1. The summed E-state index contributed by atoms with van der Waals surface area (Å²) in [6.45, 7) is 5.63. The second kappa shape index (κ2) is 12.0. The highest BCUT2D eigenvalue weighted by Gasteiger charge is 2.15. The third-order valence-electron chi connectivity index (χ3n) is 2.45. The molecule has 0 aromatic carbocycles. The van der Waals surface area contributed by atoms with Crippen LogP contribution in [0.1, 0.15) is 39.0 Å². The molecule has 0 aliphatic rings. The predicted molar refractivity (Wildman–Crippen MR) is 71.0 cm³/mol. The van der Waals surface area contributed by atoms with Crippen LogP contribution in [-0.4, -0.2) is 38.0 Å². The second-order valence-electron chi connectivity index (χ2n) is 4.36. The molecular formula is C13H25NO5. The van der Waals surface area contributed by atoms with Gasteiger partial charge >= 0.3 is 6.16 Å². The van der Waals surface area contributed by atoms with Gasteiger partial charge in [0.1, 0.15) is 12.8 Å². The molecule has 0 rings (SSSR count). The van der Waals surface area contributed by atoms with Crippen LogP contribution < -0.4 is 0 Å². The van der Waals surface area contributed by atoms with Crippen LogP contribution in [0.5, 0.6) is 0 Å². The van der Waals surface area contributed by atoms with Gasteiger partial charge in [-0.05, 0) is 32.0 Å². The molecule has 0 aromatic heterocycles. The first-order valence-electron chi connectivity index (χ1n) is 6.55. The summed E-state index contributed by atoms with van der Waals surface area (Å²) in [4.78, 5) is 22.1. The SMILES string of the molecule is C=CCOC(=O)OOOC(CCCCCC)N(C)C. The van der Waals surface area contributed by atoms with Crippen LogP contribution in [0, 0.1) is 0 Å². The molecule has 6 heteroatoms. The molecule has 0 aliphatic heterocycles. The van der Waals surface area contributed by atoms with E-state index in [0.717, 1.165) is 19.3 Å². The van der Waals surface area contributed by atoms with E-state index in [1.54, 1.807) is 0 Å². The van der Waals surface area contributed by atoms with Crippen molar-refractivity contribution < 1.29 is 24.3 Å². The van der Waals surface area contributed by atoms with Crippen molar-refractivity contribution in [1.82, 2.24) is 4.90 Å². The van der Waals surface area contributed by atoms with Gasteiger partial charge in [0.2, 0.25) is 0 Å². The number of hydrogen-bond donors (Lipinski definition) is 0. The zero-order chi connectivity index (χ0) is 14.5. The molecule has 0 bridgehead atoms. The summed E-state index contributed by atoms with van der Waals surface area (Å²) >= 11 is 0. The monoisotopic (exact) mass is 275 g/mol. The summed E-state index contributed by atoms with van der Waals surface area (Å²) in [6, 6.07) is 0. The van der Waals surface area contributed by atoms with E-state index in [-0.39, 0.29) is 12.8 Å². The van der Waals surface area contributed by atoms with Gasteiger partial charge in [0, 0.05) is 0 Å². The minimum absolute atomic E-state index is 0.0658. The number of unbranched alkanes of at least 4 members (excludes halogenated alkanes) is 3. The lowest BCUT2D eigenvalue weighted by Gasteiger charge is -2.21. The number of carbonyl (C=O) groups is 1. The molecule has 0 radical (unpaired) electrons. The van der Waals surface area contributed by atoms with E-state index in [9.17, 15) is 4.79 Å². The fourth-order valence-corrected chi connectivity index (χ4v) is 1.38. The van der Waals surface area contributed by atoms with Gasteiger partial charge in [-0.25, -0.2) is 9.68 Å². The van der Waals surface area contributed by atoms with E-state index in [1.165, 1.54) is 18.9 Å². The Bertz CT molecular complexity index is 245. The summed E-state index contributed by atoms with van der Waals surface area (Å²) in [7, 11) is 3.73. The van der Waals surface area contributed by atoms with Gasteiger partial charge in [0.15, 0.2) is 0 Å². The maximum Gasteiger partial charge on any atom is 0.542 e. The third kappa shape index (κ3) is 10.5. The minimum Gasteiger partial charge on any atom is -0.428 e. The maximum absolute atomic E-state index is 10.9. The quantitative estimate of drug-likeness (QED) is 0.144. The summed E-state index contributed by atoms with van der Waals surface area (Å²) in [6.07, 6.45) is 5.57. The molecule has 0 aromatic rings. The molecule has 1 atom stereocenters. The first-order chi connectivity index (χ1) is 9.11. The third-order valence-corrected chi connectivity index (χ3v) is 2.45. The molecule has 0 saturated heterocycles. The average molecular weight is 275 g/mol. The van der Waals surface area contributed by atoms with E-state index in [4.69, 9.17) is 4.89 Å². The lowest BCUT2D eigenvalue weighted by molar-refractivity contribution is -0.512. The van der Waals surface area contributed by atoms with Gasteiger partial charge in [-0.1, -0.05) is 38.8 Å². The van der Waals surface area contributed by atoms with E-state index >= 15 is 0 Å². The van der Waals surface area contributed by atoms with Crippen molar-refractivity contribution in [3.8, 4) is 0 Å². The number of ether oxygens (including phenoxy) is 1. The Labute approximate surface area is 115 Å². The Morgan fingerprint density at radius 3 is 2.63 bits per heavy atom. The summed E-state index contributed by atoms with van der Waals surface area (Å²) in [5, 5.41) is 4.42. The van der Waals surface area contributed by atoms with Gasteiger partial charge in [-0.3, -0.25) is 4.90 Å². The van der Waals surface area contributed by atoms with Gasteiger partial charge in [0.25, 0.3) is 0 Å².